The van der Waals surface area contributed by atoms with Crippen LogP contribution in [0.25, 0.3) is 0 Å². The second-order valence-electron chi connectivity index (χ2n) is 3.55. The van der Waals surface area contributed by atoms with Gasteiger partial charge in [-0.05, 0) is 30.4 Å². The number of anilines is 2. The molecule has 0 unspecified atom stereocenters. The third-order valence-electron chi connectivity index (χ3n) is 2.28. The third-order valence-corrected chi connectivity index (χ3v) is 2.59. The molecule has 1 aliphatic rings. The SMILES string of the molecule is O=C1COc2ccc(NCCCS)cc2N1. The van der Waals surface area contributed by atoms with Gasteiger partial charge in [0.15, 0.2) is 6.61 Å². The summed E-state index contributed by atoms with van der Waals surface area (Å²) in [4.78, 5) is 11.1. The van der Waals surface area contributed by atoms with Gasteiger partial charge in [0.1, 0.15) is 5.75 Å². The Morgan fingerprint density at radius 2 is 2.38 bits per heavy atom. The molecule has 0 saturated carbocycles. The number of hydrogen-bond donors (Lipinski definition) is 3. The fourth-order valence-electron chi connectivity index (χ4n) is 1.50. The van der Waals surface area contributed by atoms with Crippen molar-refractivity contribution in [1.82, 2.24) is 0 Å². The molecule has 1 aromatic rings. The first kappa shape index (κ1) is 11.1. The van der Waals surface area contributed by atoms with E-state index in [0.717, 1.165) is 35.8 Å². The number of amides is 1. The zero-order valence-corrected chi connectivity index (χ0v) is 9.72. The normalized spacial score (nSPS) is 13.7. The number of ether oxygens (including phenoxy) is 1. The van der Waals surface area contributed by atoms with Crippen molar-refractivity contribution in [3.8, 4) is 5.75 Å². The molecular weight excluding hydrogens is 224 g/mol. The van der Waals surface area contributed by atoms with Gasteiger partial charge >= 0.3 is 0 Å². The van der Waals surface area contributed by atoms with Crippen molar-refractivity contribution < 1.29 is 9.53 Å². The molecule has 1 aliphatic heterocycles. The van der Waals surface area contributed by atoms with Gasteiger partial charge < -0.3 is 15.4 Å². The van der Waals surface area contributed by atoms with Gasteiger partial charge in [-0.15, -0.1) is 0 Å². The molecule has 0 fully saturated rings. The fourth-order valence-corrected chi connectivity index (χ4v) is 1.66. The van der Waals surface area contributed by atoms with Crippen LogP contribution in [0.5, 0.6) is 5.75 Å². The van der Waals surface area contributed by atoms with Gasteiger partial charge in [0.05, 0.1) is 5.69 Å². The Hall–Kier alpha value is -1.36. The number of carbonyl (C=O) groups is 1. The molecule has 2 rings (SSSR count). The minimum absolute atomic E-state index is 0.0967. The predicted molar refractivity (Wildman–Crippen MR) is 67.5 cm³/mol. The van der Waals surface area contributed by atoms with Crippen molar-refractivity contribution in [2.75, 3.05) is 29.5 Å². The van der Waals surface area contributed by atoms with Crippen LogP contribution in [0.1, 0.15) is 6.42 Å². The van der Waals surface area contributed by atoms with Crippen LogP contribution in [0.4, 0.5) is 11.4 Å². The van der Waals surface area contributed by atoms with Crippen molar-refractivity contribution in [3.05, 3.63) is 18.2 Å². The predicted octanol–water partition coefficient (Wildman–Crippen LogP) is 1.75. The second-order valence-corrected chi connectivity index (χ2v) is 4.00. The molecule has 0 atom stereocenters. The lowest BCUT2D eigenvalue weighted by atomic mass is 10.2. The topological polar surface area (TPSA) is 50.4 Å². The molecule has 0 aliphatic carbocycles. The van der Waals surface area contributed by atoms with Crippen molar-refractivity contribution >= 4 is 29.9 Å². The largest absolute Gasteiger partial charge is 0.482 e. The Bertz CT molecular complexity index is 396. The Morgan fingerprint density at radius 1 is 1.50 bits per heavy atom. The minimum Gasteiger partial charge on any atom is -0.482 e. The maximum atomic E-state index is 11.1. The molecular formula is C11H14N2O2S. The van der Waals surface area contributed by atoms with Gasteiger partial charge in [0.2, 0.25) is 0 Å². The summed E-state index contributed by atoms with van der Waals surface area (Å²) in [5.74, 6) is 1.47. The highest BCUT2D eigenvalue weighted by Crippen LogP contribution is 2.30. The molecule has 1 aromatic carbocycles. The van der Waals surface area contributed by atoms with Crippen molar-refractivity contribution in [3.63, 3.8) is 0 Å². The molecule has 0 aromatic heterocycles. The standard InChI is InChI=1S/C11H14N2O2S/c14-11-7-15-10-3-2-8(6-9(10)13-11)12-4-1-5-16/h2-3,6,12,16H,1,4-5,7H2,(H,13,14). The number of hydrogen-bond acceptors (Lipinski definition) is 4. The van der Waals surface area contributed by atoms with E-state index in [-0.39, 0.29) is 12.5 Å². The van der Waals surface area contributed by atoms with E-state index >= 15 is 0 Å². The second kappa shape index (κ2) is 5.12. The Labute approximate surface area is 99.8 Å². The Morgan fingerprint density at radius 3 is 3.19 bits per heavy atom. The highest BCUT2D eigenvalue weighted by atomic mass is 32.1. The van der Waals surface area contributed by atoms with Crippen molar-refractivity contribution in [2.45, 2.75) is 6.42 Å². The van der Waals surface area contributed by atoms with E-state index in [0.29, 0.717) is 0 Å². The number of benzene rings is 1. The lowest BCUT2D eigenvalue weighted by Crippen LogP contribution is -2.25. The van der Waals surface area contributed by atoms with Crippen LogP contribution in [0.2, 0.25) is 0 Å². The fraction of sp³-hybridized carbons (Fsp3) is 0.364. The summed E-state index contributed by atoms with van der Waals surface area (Å²) >= 11 is 4.14. The number of rotatable bonds is 4. The summed E-state index contributed by atoms with van der Waals surface area (Å²) in [6.45, 7) is 0.969. The van der Waals surface area contributed by atoms with E-state index in [1.54, 1.807) is 0 Å². The minimum atomic E-state index is -0.111. The highest BCUT2D eigenvalue weighted by molar-refractivity contribution is 7.80. The van der Waals surface area contributed by atoms with Crippen LogP contribution in [-0.2, 0) is 4.79 Å². The van der Waals surface area contributed by atoms with Gasteiger partial charge in [-0.1, -0.05) is 0 Å². The molecule has 0 spiro atoms. The molecule has 5 heteroatoms. The summed E-state index contributed by atoms with van der Waals surface area (Å²) in [7, 11) is 0. The molecule has 1 heterocycles. The highest BCUT2D eigenvalue weighted by Gasteiger charge is 2.15. The molecule has 0 saturated heterocycles. The zero-order chi connectivity index (χ0) is 11.4. The monoisotopic (exact) mass is 238 g/mol. The van der Waals surface area contributed by atoms with E-state index in [9.17, 15) is 4.79 Å². The summed E-state index contributed by atoms with van der Waals surface area (Å²) in [6.07, 6.45) is 1.00. The van der Waals surface area contributed by atoms with Crippen LogP contribution in [0.3, 0.4) is 0 Å². The molecule has 86 valence electrons. The lowest BCUT2D eigenvalue weighted by Gasteiger charge is -2.18. The first-order chi connectivity index (χ1) is 7.79. The van der Waals surface area contributed by atoms with E-state index in [1.807, 2.05) is 18.2 Å². The summed E-state index contributed by atoms with van der Waals surface area (Å²) in [5.41, 5.74) is 1.71. The Balaban J connectivity index is 2.06. The quantitative estimate of drug-likeness (QED) is 0.553. The first-order valence-corrected chi connectivity index (χ1v) is 5.84. The van der Waals surface area contributed by atoms with Gasteiger partial charge in [-0.25, -0.2) is 0 Å². The van der Waals surface area contributed by atoms with Crippen LogP contribution in [0, 0.1) is 0 Å². The number of nitrogens with one attached hydrogen (secondary N) is 2. The van der Waals surface area contributed by atoms with E-state index in [1.165, 1.54) is 0 Å². The molecule has 16 heavy (non-hydrogen) atoms. The third kappa shape index (κ3) is 2.61. The Kier molecular flexibility index (Phi) is 3.56. The summed E-state index contributed by atoms with van der Waals surface area (Å²) in [6, 6.07) is 5.68. The smallest absolute Gasteiger partial charge is 0.262 e. The van der Waals surface area contributed by atoms with Crippen LogP contribution in [0.15, 0.2) is 18.2 Å². The van der Waals surface area contributed by atoms with E-state index in [2.05, 4.69) is 23.3 Å². The summed E-state index contributed by atoms with van der Waals surface area (Å²) in [5, 5.41) is 6.03. The number of thiol groups is 1. The molecule has 1 amide bonds. The summed E-state index contributed by atoms with van der Waals surface area (Å²) < 4.78 is 5.26. The van der Waals surface area contributed by atoms with Gasteiger partial charge in [0, 0.05) is 12.2 Å². The van der Waals surface area contributed by atoms with Crippen LogP contribution < -0.4 is 15.4 Å². The van der Waals surface area contributed by atoms with Crippen LogP contribution in [-0.4, -0.2) is 24.8 Å². The first-order valence-electron chi connectivity index (χ1n) is 5.21. The number of fused-ring (bicyclic) bond motifs is 1. The molecule has 2 N–H and O–H groups in total. The average Bonchev–Trinajstić information content (AvgIpc) is 2.29. The molecule has 4 nitrogen and oxygen atoms in total. The molecule has 0 radical (unpaired) electrons. The maximum Gasteiger partial charge on any atom is 0.262 e. The van der Waals surface area contributed by atoms with Gasteiger partial charge in [0.25, 0.3) is 5.91 Å². The maximum absolute atomic E-state index is 11.1. The zero-order valence-electron chi connectivity index (χ0n) is 8.82. The van der Waals surface area contributed by atoms with E-state index in [4.69, 9.17) is 4.74 Å². The van der Waals surface area contributed by atoms with Crippen molar-refractivity contribution in [2.24, 2.45) is 0 Å². The average molecular weight is 238 g/mol. The van der Waals surface area contributed by atoms with Crippen molar-refractivity contribution in [1.29, 1.82) is 0 Å². The van der Waals surface area contributed by atoms with Gasteiger partial charge in [-0.2, -0.15) is 12.6 Å². The van der Waals surface area contributed by atoms with E-state index < -0.39 is 0 Å². The lowest BCUT2D eigenvalue weighted by molar-refractivity contribution is -0.118. The van der Waals surface area contributed by atoms with Crippen LogP contribution >= 0.6 is 12.6 Å². The van der Waals surface area contributed by atoms with Gasteiger partial charge in [-0.3, -0.25) is 4.79 Å². The molecule has 0 bridgehead atoms. The number of carbonyl (C=O) groups excluding carboxylic acids is 1.